The molecule has 0 amide bonds. The summed E-state index contributed by atoms with van der Waals surface area (Å²) < 4.78 is 1.30. The highest BCUT2D eigenvalue weighted by molar-refractivity contribution is 7.25. The van der Waals surface area contributed by atoms with E-state index in [-0.39, 0.29) is 6.17 Å². The number of anilines is 2. The van der Waals surface area contributed by atoms with E-state index in [0.29, 0.717) is 0 Å². The van der Waals surface area contributed by atoms with Crippen molar-refractivity contribution in [3.05, 3.63) is 114 Å². The fraction of sp³-hybridized carbons (Fsp3) is 0.0690. The summed E-state index contributed by atoms with van der Waals surface area (Å²) in [5.74, 6) is 0. The van der Waals surface area contributed by atoms with Crippen LogP contribution in [0, 0.1) is 0 Å². The molecule has 1 atom stereocenters. The first-order valence-electron chi connectivity index (χ1n) is 11.2. The van der Waals surface area contributed by atoms with Gasteiger partial charge in [-0.05, 0) is 40.6 Å². The number of thiophene rings is 1. The number of nitrogens with one attached hydrogen (secondary N) is 1. The molecule has 3 nitrogen and oxygen atoms in total. The van der Waals surface area contributed by atoms with Gasteiger partial charge >= 0.3 is 0 Å². The standard InChI is InChI=1S/C29H21N3S/c1-2-8-19(9-3-1)18-32-26-17-21-11-5-4-10-20(21)16-25(26)31-28(32)24-13-6-12-22-23-14-7-15-30-29(23)33-27(22)24/h1-17,28,31H,18H2. The van der Waals surface area contributed by atoms with E-state index >= 15 is 0 Å². The topological polar surface area (TPSA) is 28.2 Å². The van der Waals surface area contributed by atoms with E-state index in [2.05, 4.69) is 106 Å². The number of pyridine rings is 1. The first-order valence-corrected chi connectivity index (χ1v) is 12.0. The van der Waals surface area contributed by atoms with Crippen molar-refractivity contribution in [3.63, 3.8) is 0 Å². The zero-order chi connectivity index (χ0) is 21.8. The molecule has 6 aromatic rings. The van der Waals surface area contributed by atoms with E-state index in [1.807, 2.05) is 12.3 Å². The average molecular weight is 444 g/mol. The van der Waals surface area contributed by atoms with Gasteiger partial charge in [-0.25, -0.2) is 4.98 Å². The van der Waals surface area contributed by atoms with Crippen molar-refractivity contribution in [2.75, 3.05) is 10.2 Å². The van der Waals surface area contributed by atoms with Crippen molar-refractivity contribution in [2.45, 2.75) is 12.7 Å². The third kappa shape index (κ3) is 2.99. The zero-order valence-corrected chi connectivity index (χ0v) is 18.7. The van der Waals surface area contributed by atoms with Crippen LogP contribution in [0.15, 0.2) is 103 Å². The molecule has 4 aromatic carbocycles. The molecule has 7 rings (SSSR count). The molecular weight excluding hydrogens is 422 g/mol. The minimum Gasteiger partial charge on any atom is -0.360 e. The lowest BCUT2D eigenvalue weighted by Gasteiger charge is -2.28. The van der Waals surface area contributed by atoms with Crippen LogP contribution in [0.1, 0.15) is 17.3 Å². The molecule has 0 spiro atoms. The van der Waals surface area contributed by atoms with Gasteiger partial charge in [-0.3, -0.25) is 0 Å². The fourth-order valence-corrected chi connectivity index (χ4v) is 6.20. The van der Waals surface area contributed by atoms with Gasteiger partial charge in [-0.15, -0.1) is 11.3 Å². The lowest BCUT2D eigenvalue weighted by Crippen LogP contribution is -2.27. The summed E-state index contributed by atoms with van der Waals surface area (Å²) in [6, 6.07) is 34.8. The maximum atomic E-state index is 4.63. The number of hydrogen-bond donors (Lipinski definition) is 1. The lowest BCUT2D eigenvalue weighted by atomic mass is 10.1. The smallest absolute Gasteiger partial charge is 0.127 e. The van der Waals surface area contributed by atoms with E-state index in [1.54, 1.807) is 11.3 Å². The third-order valence-corrected chi connectivity index (χ3v) is 7.75. The normalized spacial score (nSPS) is 15.3. The van der Waals surface area contributed by atoms with Crippen LogP contribution in [0.3, 0.4) is 0 Å². The highest BCUT2D eigenvalue weighted by Crippen LogP contribution is 2.47. The first-order chi connectivity index (χ1) is 16.3. The van der Waals surface area contributed by atoms with Crippen LogP contribution in [0.25, 0.3) is 31.1 Å². The minimum atomic E-state index is 0.0498. The van der Waals surface area contributed by atoms with E-state index in [9.17, 15) is 0 Å². The summed E-state index contributed by atoms with van der Waals surface area (Å²) in [5.41, 5.74) is 5.03. The summed E-state index contributed by atoms with van der Waals surface area (Å²) in [7, 11) is 0. The van der Waals surface area contributed by atoms with Crippen LogP contribution in [0.4, 0.5) is 11.4 Å². The Morgan fingerprint density at radius 2 is 1.58 bits per heavy atom. The summed E-state index contributed by atoms with van der Waals surface area (Å²) in [4.78, 5) is 8.23. The number of nitrogens with zero attached hydrogens (tertiary/aromatic N) is 2. The van der Waals surface area contributed by atoms with Gasteiger partial charge in [-0.2, -0.15) is 0 Å². The Hall–Kier alpha value is -3.89. The molecule has 4 heteroatoms. The van der Waals surface area contributed by atoms with E-state index in [0.717, 1.165) is 11.4 Å². The largest absolute Gasteiger partial charge is 0.360 e. The molecular formula is C29H21N3S. The van der Waals surface area contributed by atoms with Crippen LogP contribution < -0.4 is 10.2 Å². The number of rotatable bonds is 3. The number of fused-ring (bicyclic) bond motifs is 5. The number of benzene rings is 4. The molecule has 0 saturated heterocycles. The predicted molar refractivity (Wildman–Crippen MR) is 140 cm³/mol. The Morgan fingerprint density at radius 1 is 0.788 bits per heavy atom. The predicted octanol–water partition coefficient (Wildman–Crippen LogP) is 7.73. The fourth-order valence-electron chi connectivity index (χ4n) is 5.02. The zero-order valence-electron chi connectivity index (χ0n) is 17.9. The van der Waals surface area contributed by atoms with Gasteiger partial charge in [0.2, 0.25) is 0 Å². The maximum absolute atomic E-state index is 4.63. The molecule has 1 aliphatic rings. The van der Waals surface area contributed by atoms with Crippen LogP contribution in [0.5, 0.6) is 0 Å². The third-order valence-electron chi connectivity index (χ3n) is 6.57. The summed E-state index contributed by atoms with van der Waals surface area (Å²) in [5, 5.41) is 8.90. The molecule has 2 aromatic heterocycles. The van der Waals surface area contributed by atoms with Crippen LogP contribution in [-0.4, -0.2) is 4.98 Å². The van der Waals surface area contributed by atoms with E-state index in [4.69, 9.17) is 0 Å². The van der Waals surface area contributed by atoms with Gasteiger partial charge in [0, 0.05) is 33.8 Å². The molecule has 33 heavy (non-hydrogen) atoms. The monoisotopic (exact) mass is 443 g/mol. The molecule has 0 saturated carbocycles. The quantitative estimate of drug-likeness (QED) is 0.303. The molecule has 0 radical (unpaired) electrons. The van der Waals surface area contributed by atoms with Crippen molar-refractivity contribution >= 4 is 53.8 Å². The number of hydrogen-bond acceptors (Lipinski definition) is 4. The molecule has 158 valence electrons. The minimum absolute atomic E-state index is 0.0498. The van der Waals surface area contributed by atoms with Gasteiger partial charge in [-0.1, -0.05) is 72.8 Å². The van der Waals surface area contributed by atoms with Crippen molar-refractivity contribution in [2.24, 2.45) is 0 Å². The summed E-state index contributed by atoms with van der Waals surface area (Å²) in [6.45, 7) is 0.837. The summed E-state index contributed by atoms with van der Waals surface area (Å²) >= 11 is 1.79. The van der Waals surface area contributed by atoms with Crippen molar-refractivity contribution in [1.29, 1.82) is 0 Å². The average Bonchev–Trinajstić information content (AvgIpc) is 3.41. The SMILES string of the molecule is c1ccc(CN2c3cc4ccccc4cc3NC2c2cccc3c2sc2ncccc23)cc1. The first kappa shape index (κ1) is 18.7. The van der Waals surface area contributed by atoms with Crippen molar-refractivity contribution in [3.8, 4) is 0 Å². The number of aromatic nitrogens is 1. The molecule has 1 N–H and O–H groups in total. The van der Waals surface area contributed by atoms with Gasteiger partial charge < -0.3 is 10.2 Å². The second kappa shape index (κ2) is 7.32. The second-order valence-electron chi connectivity index (χ2n) is 8.56. The van der Waals surface area contributed by atoms with Crippen LogP contribution in [0.2, 0.25) is 0 Å². The Labute approximate surface area is 195 Å². The Balaban J connectivity index is 1.43. The molecule has 0 bridgehead atoms. The van der Waals surface area contributed by atoms with Crippen molar-refractivity contribution in [1.82, 2.24) is 4.98 Å². The van der Waals surface area contributed by atoms with Gasteiger partial charge in [0.05, 0.1) is 11.4 Å². The van der Waals surface area contributed by atoms with Gasteiger partial charge in [0.15, 0.2) is 0 Å². The molecule has 0 aliphatic carbocycles. The van der Waals surface area contributed by atoms with E-state index in [1.165, 1.54) is 48.7 Å². The maximum Gasteiger partial charge on any atom is 0.127 e. The second-order valence-corrected chi connectivity index (χ2v) is 9.56. The molecule has 1 aliphatic heterocycles. The highest BCUT2D eigenvalue weighted by atomic mass is 32.1. The Morgan fingerprint density at radius 3 is 2.45 bits per heavy atom. The Kier molecular flexibility index (Phi) is 4.14. The van der Waals surface area contributed by atoms with Crippen LogP contribution >= 0.6 is 11.3 Å². The summed E-state index contributed by atoms with van der Waals surface area (Å²) in [6.07, 6.45) is 1.93. The molecule has 3 heterocycles. The van der Waals surface area contributed by atoms with Gasteiger partial charge in [0.1, 0.15) is 11.0 Å². The lowest BCUT2D eigenvalue weighted by molar-refractivity contribution is 0.718. The Bertz CT molecular complexity index is 1640. The van der Waals surface area contributed by atoms with Gasteiger partial charge in [0.25, 0.3) is 0 Å². The van der Waals surface area contributed by atoms with Crippen LogP contribution in [-0.2, 0) is 6.54 Å². The van der Waals surface area contributed by atoms with E-state index < -0.39 is 0 Å². The molecule has 1 unspecified atom stereocenters. The van der Waals surface area contributed by atoms with Crippen molar-refractivity contribution < 1.29 is 0 Å². The highest BCUT2D eigenvalue weighted by Gasteiger charge is 2.32. The molecule has 0 fully saturated rings.